The zero-order valence-electron chi connectivity index (χ0n) is 20.0. The van der Waals surface area contributed by atoms with E-state index in [1.165, 1.54) is 11.9 Å². The molecule has 13 nitrogen and oxygen atoms in total. The standard InChI is InChI=1S/C21H34N6O7/c1-13-17(34-21(32)33-13)10-25(3)11-18(29)24-14(12-28)9-27(20(31)23-2)8-7-15-5-6-16(19(22)30)26(15)4/h12,14-16H,5-11H2,1-4H3,(H2,22,30)(H,23,31)(H,24,29)/t14?,15-,16?/m1/s1. The minimum Gasteiger partial charge on any atom is -0.396 e. The Hall–Kier alpha value is -3.19. The molecule has 34 heavy (non-hydrogen) atoms. The van der Waals surface area contributed by atoms with Gasteiger partial charge in [0.05, 0.1) is 19.1 Å². The highest BCUT2D eigenvalue weighted by Crippen LogP contribution is 2.24. The summed E-state index contributed by atoms with van der Waals surface area (Å²) in [6.45, 7) is 2.01. The van der Waals surface area contributed by atoms with Gasteiger partial charge in [0.15, 0.2) is 5.76 Å². The Labute approximate surface area is 197 Å². The van der Waals surface area contributed by atoms with Crippen molar-refractivity contribution in [3.8, 4) is 0 Å². The van der Waals surface area contributed by atoms with E-state index in [4.69, 9.17) is 14.6 Å². The van der Waals surface area contributed by atoms with Gasteiger partial charge in [0, 0.05) is 26.2 Å². The van der Waals surface area contributed by atoms with Crippen molar-refractivity contribution in [3.05, 3.63) is 22.1 Å². The van der Waals surface area contributed by atoms with Crippen LogP contribution in [-0.2, 0) is 20.9 Å². The van der Waals surface area contributed by atoms with Gasteiger partial charge < -0.3 is 34.9 Å². The summed E-state index contributed by atoms with van der Waals surface area (Å²) in [5, 5.41) is 5.16. The lowest BCUT2D eigenvalue weighted by Crippen LogP contribution is -2.51. The fourth-order valence-corrected chi connectivity index (χ4v) is 4.12. The number of rotatable bonds is 12. The zero-order valence-corrected chi connectivity index (χ0v) is 20.0. The molecular formula is C21H34N6O7. The molecule has 4 amide bonds. The van der Waals surface area contributed by atoms with Crippen LogP contribution in [0.4, 0.5) is 4.79 Å². The third kappa shape index (κ3) is 7.42. The summed E-state index contributed by atoms with van der Waals surface area (Å²) >= 11 is 0. The molecule has 1 aliphatic heterocycles. The van der Waals surface area contributed by atoms with Crippen LogP contribution in [0.15, 0.2) is 13.6 Å². The van der Waals surface area contributed by atoms with E-state index >= 15 is 0 Å². The van der Waals surface area contributed by atoms with Crippen molar-refractivity contribution < 1.29 is 28.0 Å². The number of likely N-dealkylation sites (tertiary alicyclic amines) is 1. The lowest BCUT2D eigenvalue weighted by atomic mass is 10.1. The van der Waals surface area contributed by atoms with Gasteiger partial charge in [0.2, 0.25) is 11.8 Å². The van der Waals surface area contributed by atoms with Gasteiger partial charge >= 0.3 is 11.9 Å². The number of aldehydes is 1. The number of carbonyl (C=O) groups excluding carboxylic acids is 4. The number of carbonyl (C=O) groups is 4. The molecule has 0 radical (unpaired) electrons. The molecule has 2 heterocycles. The minimum absolute atomic E-state index is 0.00990. The number of nitrogens with zero attached hydrogens (tertiary/aromatic N) is 3. The molecule has 0 bridgehead atoms. The number of primary amides is 1. The van der Waals surface area contributed by atoms with Crippen LogP contribution in [0.1, 0.15) is 30.8 Å². The summed E-state index contributed by atoms with van der Waals surface area (Å²) in [7, 11) is 4.97. The average Bonchev–Trinajstić information content (AvgIpc) is 3.29. The number of hydrogen-bond acceptors (Lipinski definition) is 9. The van der Waals surface area contributed by atoms with E-state index in [0.29, 0.717) is 37.2 Å². The van der Waals surface area contributed by atoms with E-state index in [1.807, 2.05) is 11.9 Å². The van der Waals surface area contributed by atoms with Gasteiger partial charge in [0.1, 0.15) is 18.1 Å². The van der Waals surface area contributed by atoms with Gasteiger partial charge in [-0.1, -0.05) is 0 Å². The number of nitrogens with one attached hydrogen (secondary N) is 2. The van der Waals surface area contributed by atoms with E-state index in [9.17, 15) is 24.0 Å². The molecule has 0 aromatic carbocycles. The number of aryl methyl sites for hydroxylation is 1. The molecule has 3 atom stereocenters. The maximum atomic E-state index is 12.4. The smallest absolute Gasteiger partial charge is 0.396 e. The predicted molar refractivity (Wildman–Crippen MR) is 121 cm³/mol. The molecule has 0 saturated carbocycles. The van der Waals surface area contributed by atoms with Crippen LogP contribution in [-0.4, -0.2) is 97.7 Å². The summed E-state index contributed by atoms with van der Waals surface area (Å²) < 4.78 is 9.72. The van der Waals surface area contributed by atoms with Crippen molar-refractivity contribution in [2.75, 3.05) is 40.8 Å². The molecule has 0 spiro atoms. The van der Waals surface area contributed by atoms with Crippen molar-refractivity contribution in [2.45, 2.75) is 50.9 Å². The molecule has 2 rings (SSSR count). The molecule has 13 heteroatoms. The van der Waals surface area contributed by atoms with Crippen molar-refractivity contribution in [2.24, 2.45) is 5.73 Å². The van der Waals surface area contributed by atoms with Crippen LogP contribution < -0.4 is 22.2 Å². The SMILES string of the molecule is CNC(=O)N(CC[C@H]1CCC(C(N)=O)N1C)CC(C=O)NC(=O)CN(C)Cc1oc(=O)oc1C. The van der Waals surface area contributed by atoms with E-state index in [-0.39, 0.29) is 43.7 Å². The lowest BCUT2D eigenvalue weighted by molar-refractivity contribution is -0.125. The molecule has 4 N–H and O–H groups in total. The monoisotopic (exact) mass is 482 g/mol. The first kappa shape index (κ1) is 27.1. The van der Waals surface area contributed by atoms with Crippen LogP contribution in [0.5, 0.6) is 0 Å². The van der Waals surface area contributed by atoms with Gasteiger partial charge in [0.25, 0.3) is 0 Å². The molecule has 1 aromatic rings. The predicted octanol–water partition coefficient (Wildman–Crippen LogP) is -1.36. The van der Waals surface area contributed by atoms with Crippen molar-refractivity contribution in [1.82, 2.24) is 25.3 Å². The van der Waals surface area contributed by atoms with Crippen molar-refractivity contribution >= 4 is 24.1 Å². The molecule has 1 fully saturated rings. The van der Waals surface area contributed by atoms with Crippen LogP contribution >= 0.6 is 0 Å². The third-order valence-electron chi connectivity index (χ3n) is 5.99. The third-order valence-corrected chi connectivity index (χ3v) is 5.99. The summed E-state index contributed by atoms with van der Waals surface area (Å²) in [5.74, 6) is -0.964. The Morgan fingerprint density at radius 1 is 1.29 bits per heavy atom. The number of amides is 4. The van der Waals surface area contributed by atoms with Crippen LogP contribution in [0.25, 0.3) is 0 Å². The summed E-state index contributed by atoms with van der Waals surface area (Å²) in [6.07, 6.45) is 2.62. The van der Waals surface area contributed by atoms with E-state index in [0.717, 1.165) is 6.42 Å². The molecule has 1 aliphatic rings. The molecule has 1 aromatic heterocycles. The normalized spacial score (nSPS) is 19.1. The largest absolute Gasteiger partial charge is 0.519 e. The second-order valence-corrected chi connectivity index (χ2v) is 8.52. The maximum Gasteiger partial charge on any atom is 0.519 e. The second kappa shape index (κ2) is 12.3. The average molecular weight is 483 g/mol. The number of likely N-dealkylation sites (N-methyl/N-ethyl adjacent to an activating group) is 2. The summed E-state index contributed by atoms with van der Waals surface area (Å²) in [5.41, 5.74) is 5.43. The lowest BCUT2D eigenvalue weighted by Gasteiger charge is -2.29. The fourth-order valence-electron chi connectivity index (χ4n) is 4.12. The highest BCUT2D eigenvalue weighted by molar-refractivity contribution is 5.82. The van der Waals surface area contributed by atoms with Crippen LogP contribution in [0.2, 0.25) is 0 Å². The van der Waals surface area contributed by atoms with E-state index < -0.39 is 17.8 Å². The van der Waals surface area contributed by atoms with Crippen molar-refractivity contribution in [1.29, 1.82) is 0 Å². The topological polar surface area (TPSA) is 171 Å². The van der Waals surface area contributed by atoms with Gasteiger partial charge in [-0.3, -0.25) is 19.4 Å². The minimum atomic E-state index is -0.911. The number of hydrogen-bond donors (Lipinski definition) is 3. The van der Waals surface area contributed by atoms with Crippen molar-refractivity contribution in [3.63, 3.8) is 0 Å². The van der Waals surface area contributed by atoms with E-state index in [2.05, 4.69) is 10.6 Å². The van der Waals surface area contributed by atoms with Gasteiger partial charge in [-0.05, 0) is 40.3 Å². The van der Waals surface area contributed by atoms with Crippen LogP contribution in [0.3, 0.4) is 0 Å². The Kier molecular flexibility index (Phi) is 9.81. The second-order valence-electron chi connectivity index (χ2n) is 8.52. The first-order chi connectivity index (χ1) is 16.0. The first-order valence-electron chi connectivity index (χ1n) is 11.1. The van der Waals surface area contributed by atoms with Gasteiger partial charge in [-0.2, -0.15) is 0 Å². The number of nitrogens with two attached hydrogens (primary N) is 1. The highest BCUT2D eigenvalue weighted by atomic mass is 16.6. The highest BCUT2D eigenvalue weighted by Gasteiger charge is 2.34. The quantitative estimate of drug-likeness (QED) is 0.304. The molecule has 190 valence electrons. The Balaban J connectivity index is 1.89. The maximum absolute atomic E-state index is 12.4. The Bertz CT molecular complexity index is 929. The molecule has 1 saturated heterocycles. The Morgan fingerprint density at radius 3 is 2.53 bits per heavy atom. The molecule has 0 aliphatic carbocycles. The van der Waals surface area contributed by atoms with E-state index in [1.54, 1.807) is 18.9 Å². The van der Waals surface area contributed by atoms with Gasteiger partial charge in [-0.15, -0.1) is 0 Å². The summed E-state index contributed by atoms with van der Waals surface area (Å²) in [6, 6.07) is -1.53. The molecule has 2 unspecified atom stereocenters. The van der Waals surface area contributed by atoms with Gasteiger partial charge in [-0.25, -0.2) is 9.59 Å². The Morgan fingerprint density at radius 2 is 2.00 bits per heavy atom. The summed E-state index contributed by atoms with van der Waals surface area (Å²) in [4.78, 5) is 64.1. The first-order valence-corrected chi connectivity index (χ1v) is 11.1. The number of urea groups is 1. The molecular weight excluding hydrogens is 448 g/mol. The zero-order chi connectivity index (χ0) is 25.4. The van der Waals surface area contributed by atoms with Crippen LogP contribution in [0, 0.1) is 6.92 Å². The fraction of sp³-hybridized carbons (Fsp3) is 0.667.